The Bertz CT molecular complexity index is 1450. The molecule has 4 aliphatic rings. The van der Waals surface area contributed by atoms with Crippen molar-refractivity contribution in [2.75, 3.05) is 11.5 Å². The van der Waals surface area contributed by atoms with Gasteiger partial charge in [-0.25, -0.2) is 0 Å². The van der Waals surface area contributed by atoms with Crippen molar-refractivity contribution in [1.29, 1.82) is 0 Å². The lowest BCUT2D eigenvalue weighted by molar-refractivity contribution is -0.123. The standard InChI is InChI=1S/C27H24N2O5S2/c1-2-34-17-10-12(8-9-16(17)30)18-19-14-11-15(22(19)35-24-23(18)36-27(33)28-24)21-20(14)25(31)29(26(21)32)13-6-4-3-5-7-13/h3-10,14-15,18-22,30H,2,11H2,1H3,(H,28,33)/t14-,15-,18+,19+,20+,21+,22-/m1/s1. The predicted molar refractivity (Wildman–Crippen MR) is 137 cm³/mol. The fourth-order valence-corrected chi connectivity index (χ4v) is 10.1. The Balaban J connectivity index is 1.33. The first-order chi connectivity index (χ1) is 17.5. The topological polar surface area (TPSA) is 99.7 Å². The second-order valence-electron chi connectivity index (χ2n) is 9.97. The second-order valence-corrected chi connectivity index (χ2v) is 12.2. The number of phenolic OH excluding ortho intramolecular Hbond substituents is 1. The highest BCUT2D eigenvalue weighted by atomic mass is 32.2. The number of aromatic amines is 1. The van der Waals surface area contributed by atoms with Crippen molar-refractivity contribution in [2.45, 2.75) is 29.5 Å². The number of H-pyrrole nitrogens is 1. The lowest BCUT2D eigenvalue weighted by Crippen LogP contribution is -2.42. The van der Waals surface area contributed by atoms with Crippen LogP contribution >= 0.6 is 23.1 Å². The SMILES string of the molecule is CCOc1cc([C@@H]2c3sc(=O)[nH]c3S[C@@H]3[C@@H]4C[C@@H]([C@@H]5C(=O)N(c6ccccc6)C(=O)[C@@H]45)[C@@H]23)ccc1O. The molecule has 1 saturated heterocycles. The van der Waals surface area contributed by atoms with Gasteiger partial charge in [-0.2, -0.15) is 0 Å². The van der Waals surface area contributed by atoms with Crippen LogP contribution in [0.4, 0.5) is 5.69 Å². The molecule has 2 aliphatic heterocycles. The third-order valence-electron chi connectivity index (χ3n) is 8.38. The zero-order chi connectivity index (χ0) is 24.7. The summed E-state index contributed by atoms with van der Waals surface area (Å²) in [6.07, 6.45) is 0.837. The molecule has 36 heavy (non-hydrogen) atoms. The van der Waals surface area contributed by atoms with Gasteiger partial charge in [0.15, 0.2) is 11.5 Å². The van der Waals surface area contributed by atoms with Gasteiger partial charge in [-0.15, -0.1) is 11.8 Å². The average Bonchev–Trinajstić information content (AvgIpc) is 3.60. The van der Waals surface area contributed by atoms with E-state index >= 15 is 0 Å². The highest BCUT2D eigenvalue weighted by molar-refractivity contribution is 8.00. The molecule has 9 heteroatoms. The smallest absolute Gasteiger partial charge is 0.305 e. The number of para-hydroxylation sites is 1. The number of thiazole rings is 1. The van der Waals surface area contributed by atoms with Gasteiger partial charge in [0.2, 0.25) is 11.8 Å². The van der Waals surface area contributed by atoms with E-state index in [1.54, 1.807) is 17.8 Å². The number of phenols is 1. The van der Waals surface area contributed by atoms with E-state index in [2.05, 4.69) is 4.98 Å². The number of benzene rings is 2. The molecule has 0 spiro atoms. The van der Waals surface area contributed by atoms with Crippen LogP contribution in [0.2, 0.25) is 0 Å². The summed E-state index contributed by atoms with van der Waals surface area (Å²) in [4.78, 5) is 45.1. The van der Waals surface area contributed by atoms with E-state index in [0.29, 0.717) is 18.0 Å². The summed E-state index contributed by atoms with van der Waals surface area (Å²) < 4.78 is 5.67. The summed E-state index contributed by atoms with van der Waals surface area (Å²) in [6, 6.07) is 14.6. The number of anilines is 1. The number of hydrogen-bond donors (Lipinski definition) is 2. The van der Waals surface area contributed by atoms with E-state index in [-0.39, 0.29) is 63.2 Å². The molecule has 7 nitrogen and oxygen atoms in total. The summed E-state index contributed by atoms with van der Waals surface area (Å²) in [7, 11) is 0. The number of imide groups is 1. The molecule has 1 aromatic heterocycles. The van der Waals surface area contributed by atoms with Gasteiger partial charge in [-0.1, -0.05) is 35.6 Å². The zero-order valence-electron chi connectivity index (χ0n) is 19.4. The fourth-order valence-electron chi connectivity index (χ4n) is 7.22. The Morgan fingerprint density at radius 1 is 1.06 bits per heavy atom. The van der Waals surface area contributed by atoms with Crippen molar-refractivity contribution in [2.24, 2.45) is 29.6 Å². The Labute approximate surface area is 215 Å². The number of thioether (sulfide) groups is 1. The van der Waals surface area contributed by atoms with E-state index in [4.69, 9.17) is 4.74 Å². The first-order valence-electron chi connectivity index (χ1n) is 12.3. The van der Waals surface area contributed by atoms with Crippen LogP contribution in [0.5, 0.6) is 11.5 Å². The first-order valence-corrected chi connectivity index (χ1v) is 14.0. The van der Waals surface area contributed by atoms with Crippen LogP contribution in [0.3, 0.4) is 0 Å². The molecule has 7 rings (SSSR count). The number of rotatable bonds is 4. The van der Waals surface area contributed by atoms with Crippen LogP contribution in [-0.4, -0.2) is 33.8 Å². The number of carbonyl (C=O) groups is 2. The molecule has 2 aliphatic carbocycles. The number of carbonyl (C=O) groups excluding carboxylic acids is 2. The predicted octanol–water partition coefficient (Wildman–Crippen LogP) is 4.22. The monoisotopic (exact) mass is 520 g/mol. The van der Waals surface area contributed by atoms with Crippen molar-refractivity contribution in [1.82, 2.24) is 4.98 Å². The Hall–Kier alpha value is -3.04. The van der Waals surface area contributed by atoms with Crippen LogP contribution in [-0.2, 0) is 9.59 Å². The van der Waals surface area contributed by atoms with Crippen molar-refractivity contribution < 1.29 is 19.4 Å². The van der Waals surface area contributed by atoms with Crippen molar-refractivity contribution >= 4 is 40.6 Å². The molecule has 0 unspecified atom stereocenters. The minimum atomic E-state index is -0.340. The second kappa shape index (κ2) is 7.98. The molecular formula is C27H24N2O5S2. The number of fused-ring (bicyclic) bond motifs is 9. The number of hydrogen-bond acceptors (Lipinski definition) is 7. The molecule has 7 atom stereocenters. The van der Waals surface area contributed by atoms with Gasteiger partial charge >= 0.3 is 4.87 Å². The summed E-state index contributed by atoms with van der Waals surface area (Å²) in [6.45, 7) is 2.29. The minimum absolute atomic E-state index is 0.0439. The Kier molecular flexibility index (Phi) is 4.92. The summed E-state index contributed by atoms with van der Waals surface area (Å²) in [5.74, 6) is -0.246. The first kappa shape index (κ1) is 22.2. The number of nitrogens with one attached hydrogen (secondary N) is 1. The van der Waals surface area contributed by atoms with E-state index in [1.807, 2.05) is 49.4 Å². The van der Waals surface area contributed by atoms with Gasteiger partial charge < -0.3 is 14.8 Å². The zero-order valence-corrected chi connectivity index (χ0v) is 21.1. The summed E-state index contributed by atoms with van der Waals surface area (Å²) in [5.41, 5.74) is 1.60. The normalized spacial score (nSPS) is 31.9. The maximum absolute atomic E-state index is 13.7. The number of aromatic nitrogens is 1. The maximum atomic E-state index is 13.7. The van der Waals surface area contributed by atoms with Gasteiger partial charge in [0.25, 0.3) is 0 Å². The van der Waals surface area contributed by atoms with Crippen LogP contribution in [0.1, 0.15) is 29.7 Å². The maximum Gasteiger partial charge on any atom is 0.305 e. The Morgan fingerprint density at radius 2 is 1.81 bits per heavy atom. The molecule has 2 amide bonds. The van der Waals surface area contributed by atoms with Crippen LogP contribution in [0.25, 0.3) is 0 Å². The molecule has 3 heterocycles. The van der Waals surface area contributed by atoms with E-state index in [0.717, 1.165) is 21.9 Å². The molecule has 2 saturated carbocycles. The van der Waals surface area contributed by atoms with E-state index < -0.39 is 0 Å². The summed E-state index contributed by atoms with van der Waals surface area (Å²) in [5, 5.41) is 11.3. The number of nitrogens with zero attached hydrogens (tertiary/aromatic N) is 1. The van der Waals surface area contributed by atoms with Gasteiger partial charge in [0, 0.05) is 16.0 Å². The average molecular weight is 521 g/mol. The molecule has 2 N–H and O–H groups in total. The molecule has 3 aromatic rings. The molecule has 184 valence electrons. The minimum Gasteiger partial charge on any atom is -0.504 e. The quantitative estimate of drug-likeness (QED) is 0.500. The highest BCUT2D eigenvalue weighted by Gasteiger charge is 2.69. The van der Waals surface area contributed by atoms with Crippen molar-refractivity contribution in [3.8, 4) is 11.5 Å². The van der Waals surface area contributed by atoms with Crippen molar-refractivity contribution in [3.63, 3.8) is 0 Å². The Morgan fingerprint density at radius 3 is 2.56 bits per heavy atom. The van der Waals surface area contributed by atoms with Gasteiger partial charge in [-0.3, -0.25) is 19.3 Å². The summed E-state index contributed by atoms with van der Waals surface area (Å²) >= 11 is 2.89. The third-order valence-corrected chi connectivity index (χ3v) is 11.0. The van der Waals surface area contributed by atoms with Crippen LogP contribution in [0, 0.1) is 29.6 Å². The lowest BCUT2D eigenvalue weighted by Gasteiger charge is -2.43. The molecular weight excluding hydrogens is 496 g/mol. The lowest BCUT2D eigenvalue weighted by atomic mass is 9.68. The number of amides is 2. The van der Waals surface area contributed by atoms with E-state index in [1.165, 1.54) is 16.2 Å². The van der Waals surface area contributed by atoms with Crippen LogP contribution < -0.4 is 14.5 Å². The van der Waals surface area contributed by atoms with Gasteiger partial charge in [0.05, 0.1) is 29.2 Å². The van der Waals surface area contributed by atoms with Gasteiger partial charge in [0.1, 0.15) is 0 Å². The number of aromatic hydroxyl groups is 1. The molecule has 3 fully saturated rings. The number of ether oxygens (including phenoxy) is 1. The largest absolute Gasteiger partial charge is 0.504 e. The molecule has 2 aromatic carbocycles. The molecule has 0 radical (unpaired) electrons. The van der Waals surface area contributed by atoms with E-state index in [9.17, 15) is 19.5 Å². The van der Waals surface area contributed by atoms with Crippen LogP contribution in [0.15, 0.2) is 58.4 Å². The van der Waals surface area contributed by atoms with Crippen molar-refractivity contribution in [3.05, 3.63) is 68.6 Å². The third kappa shape index (κ3) is 2.96. The van der Waals surface area contributed by atoms with Gasteiger partial charge in [-0.05, 0) is 60.9 Å². The molecule has 2 bridgehead atoms. The highest BCUT2D eigenvalue weighted by Crippen LogP contribution is 2.68. The fraction of sp³-hybridized carbons (Fsp3) is 0.370.